The highest BCUT2D eigenvalue weighted by atomic mass is 16.6. The van der Waals surface area contributed by atoms with Gasteiger partial charge >= 0.3 is 0 Å². The Morgan fingerprint density at radius 3 is 1.90 bits per heavy atom. The van der Waals surface area contributed by atoms with Crippen LogP contribution in [0.25, 0.3) is 0 Å². The fourth-order valence-corrected chi connectivity index (χ4v) is 2.38. The molecule has 146 valence electrons. The van der Waals surface area contributed by atoms with Gasteiger partial charge in [0, 0.05) is 29.8 Å². The maximum Gasteiger partial charge on any atom is 0.271 e. The second-order valence-electron chi connectivity index (χ2n) is 5.79. The lowest BCUT2D eigenvalue weighted by atomic mass is 10.2. The number of hydrogen-bond acceptors (Lipinski definition) is 7. The third-order valence-corrected chi connectivity index (χ3v) is 3.84. The molecule has 29 heavy (non-hydrogen) atoms. The van der Waals surface area contributed by atoms with Crippen LogP contribution >= 0.6 is 0 Å². The van der Waals surface area contributed by atoms with Crippen molar-refractivity contribution in [1.29, 1.82) is 0 Å². The number of benzene rings is 3. The number of nitro groups is 2. The highest BCUT2D eigenvalue weighted by Crippen LogP contribution is 2.29. The smallest absolute Gasteiger partial charge is 0.271 e. The maximum atomic E-state index is 12.3. The van der Waals surface area contributed by atoms with E-state index in [0.29, 0.717) is 11.5 Å². The highest BCUT2D eigenvalue weighted by Gasteiger charge is 2.14. The predicted octanol–water partition coefficient (Wildman–Crippen LogP) is 4.25. The molecular formula is C19H13N3O7. The number of rotatable bonds is 6. The van der Waals surface area contributed by atoms with E-state index >= 15 is 0 Å². The molecule has 0 bridgehead atoms. The van der Waals surface area contributed by atoms with Crippen molar-refractivity contribution in [1.82, 2.24) is 0 Å². The van der Waals surface area contributed by atoms with E-state index in [1.54, 1.807) is 0 Å². The molecule has 0 saturated carbocycles. The van der Waals surface area contributed by atoms with Gasteiger partial charge in [-0.25, -0.2) is 0 Å². The highest BCUT2D eigenvalue weighted by molar-refractivity contribution is 6.05. The minimum Gasteiger partial charge on any atom is -0.506 e. The van der Waals surface area contributed by atoms with Crippen LogP contribution in [0.4, 0.5) is 17.1 Å². The number of phenols is 1. The lowest BCUT2D eigenvalue weighted by Crippen LogP contribution is -2.12. The number of anilines is 1. The van der Waals surface area contributed by atoms with Gasteiger partial charge in [-0.3, -0.25) is 25.0 Å². The van der Waals surface area contributed by atoms with E-state index in [0.717, 1.165) is 18.2 Å². The van der Waals surface area contributed by atoms with Gasteiger partial charge in [-0.2, -0.15) is 0 Å². The van der Waals surface area contributed by atoms with Crippen LogP contribution in [0.3, 0.4) is 0 Å². The molecule has 2 N–H and O–H groups in total. The van der Waals surface area contributed by atoms with Crippen molar-refractivity contribution in [2.75, 3.05) is 5.32 Å². The Bertz CT molecular complexity index is 1080. The SMILES string of the molecule is O=C(Nc1cc([N+](=O)[O-])ccc1O)c1ccc(Oc2ccc([N+](=O)[O-])cc2)cc1. The summed E-state index contributed by atoms with van der Waals surface area (Å²) in [5, 5.41) is 33.7. The minimum absolute atomic E-state index is 0.0613. The quantitative estimate of drug-likeness (QED) is 0.360. The van der Waals surface area contributed by atoms with Gasteiger partial charge in [0.1, 0.15) is 17.2 Å². The number of nitrogens with zero attached hydrogens (tertiary/aromatic N) is 2. The molecule has 0 aliphatic rings. The molecule has 0 heterocycles. The van der Waals surface area contributed by atoms with Crippen molar-refractivity contribution in [3.63, 3.8) is 0 Å². The largest absolute Gasteiger partial charge is 0.506 e. The zero-order valence-electron chi connectivity index (χ0n) is 14.6. The number of nitrogens with one attached hydrogen (secondary N) is 1. The summed E-state index contributed by atoms with van der Waals surface area (Å²) in [6.07, 6.45) is 0. The molecule has 0 unspecified atom stereocenters. The second kappa shape index (κ2) is 8.05. The summed E-state index contributed by atoms with van der Waals surface area (Å²) in [4.78, 5) is 32.6. The van der Waals surface area contributed by atoms with Crippen LogP contribution < -0.4 is 10.1 Å². The summed E-state index contributed by atoms with van der Waals surface area (Å²) < 4.78 is 5.56. The Hall–Kier alpha value is -4.47. The molecule has 3 aromatic rings. The molecular weight excluding hydrogens is 382 g/mol. The van der Waals surface area contributed by atoms with E-state index in [9.17, 15) is 30.1 Å². The van der Waals surface area contributed by atoms with Crippen molar-refractivity contribution < 1.29 is 24.5 Å². The normalized spacial score (nSPS) is 10.2. The third kappa shape index (κ3) is 4.63. The number of ether oxygens (including phenoxy) is 1. The van der Waals surface area contributed by atoms with Gasteiger partial charge in [0.05, 0.1) is 15.5 Å². The summed E-state index contributed by atoms with van der Waals surface area (Å²) >= 11 is 0. The van der Waals surface area contributed by atoms with Crippen molar-refractivity contribution in [3.05, 3.63) is 92.5 Å². The molecule has 0 atom stereocenters. The average molecular weight is 395 g/mol. The van der Waals surface area contributed by atoms with Crippen molar-refractivity contribution in [3.8, 4) is 17.2 Å². The fraction of sp³-hybridized carbons (Fsp3) is 0. The minimum atomic E-state index is -0.639. The number of nitro benzene ring substituents is 2. The molecule has 0 radical (unpaired) electrons. The van der Waals surface area contributed by atoms with Crippen LogP contribution in [0.1, 0.15) is 10.4 Å². The third-order valence-electron chi connectivity index (χ3n) is 3.84. The Kier molecular flexibility index (Phi) is 5.35. The van der Waals surface area contributed by atoms with Crippen molar-refractivity contribution in [2.24, 2.45) is 0 Å². The summed E-state index contributed by atoms with van der Waals surface area (Å²) in [6, 6.07) is 14.8. The molecule has 0 spiro atoms. The molecule has 0 saturated heterocycles. The van der Waals surface area contributed by atoms with E-state index in [2.05, 4.69) is 5.32 Å². The summed E-state index contributed by atoms with van der Waals surface area (Å²) in [6.45, 7) is 0. The molecule has 1 amide bonds. The number of carbonyl (C=O) groups excluding carboxylic acids is 1. The summed E-state index contributed by atoms with van der Waals surface area (Å²) in [5.74, 6) is -0.104. The first-order valence-corrected chi connectivity index (χ1v) is 8.14. The Labute approximate surface area is 163 Å². The topological polar surface area (TPSA) is 145 Å². The van der Waals surface area contributed by atoms with Crippen LogP contribution in [0, 0.1) is 20.2 Å². The first kappa shape index (κ1) is 19.3. The van der Waals surface area contributed by atoms with Gasteiger partial charge in [0.15, 0.2) is 0 Å². The number of hydrogen-bond donors (Lipinski definition) is 2. The number of carbonyl (C=O) groups is 1. The van der Waals surface area contributed by atoms with Crippen molar-refractivity contribution >= 4 is 23.0 Å². The van der Waals surface area contributed by atoms with Gasteiger partial charge in [0.25, 0.3) is 17.3 Å². The second-order valence-corrected chi connectivity index (χ2v) is 5.79. The lowest BCUT2D eigenvalue weighted by Gasteiger charge is -2.09. The van der Waals surface area contributed by atoms with E-state index in [4.69, 9.17) is 4.74 Å². The maximum absolute atomic E-state index is 12.3. The monoisotopic (exact) mass is 395 g/mol. The zero-order chi connectivity index (χ0) is 21.0. The molecule has 0 fully saturated rings. The molecule has 3 rings (SSSR count). The van der Waals surface area contributed by atoms with E-state index in [-0.39, 0.29) is 28.4 Å². The van der Waals surface area contributed by atoms with E-state index in [1.807, 2.05) is 0 Å². The molecule has 10 nitrogen and oxygen atoms in total. The number of aromatic hydroxyl groups is 1. The Balaban J connectivity index is 1.69. The van der Waals surface area contributed by atoms with Gasteiger partial charge in [0.2, 0.25) is 0 Å². The van der Waals surface area contributed by atoms with Crippen LogP contribution in [-0.4, -0.2) is 20.9 Å². The first-order chi connectivity index (χ1) is 13.8. The van der Waals surface area contributed by atoms with Gasteiger partial charge in [-0.15, -0.1) is 0 Å². The lowest BCUT2D eigenvalue weighted by molar-refractivity contribution is -0.385. The molecule has 0 aliphatic heterocycles. The number of phenolic OH excluding ortho intramolecular Hbond substituents is 1. The molecule has 0 aliphatic carbocycles. The standard InChI is InChI=1S/C19H13N3O7/c23-18-10-5-14(22(27)28)11-17(18)20-19(24)12-1-6-15(7-2-12)29-16-8-3-13(4-9-16)21(25)26/h1-11,23H,(H,20,24). The zero-order valence-corrected chi connectivity index (χ0v) is 14.6. The Morgan fingerprint density at radius 1 is 0.828 bits per heavy atom. The van der Waals surface area contributed by atoms with Crippen LogP contribution in [0.5, 0.6) is 17.2 Å². The van der Waals surface area contributed by atoms with Crippen LogP contribution in [0.15, 0.2) is 66.7 Å². The van der Waals surface area contributed by atoms with Gasteiger partial charge in [-0.1, -0.05) is 0 Å². The predicted molar refractivity (Wildman–Crippen MR) is 102 cm³/mol. The first-order valence-electron chi connectivity index (χ1n) is 8.14. The van der Waals surface area contributed by atoms with Crippen LogP contribution in [0.2, 0.25) is 0 Å². The van der Waals surface area contributed by atoms with Gasteiger partial charge in [-0.05, 0) is 42.5 Å². The molecule has 10 heteroatoms. The fourth-order valence-electron chi connectivity index (χ4n) is 2.38. The van der Waals surface area contributed by atoms with Gasteiger partial charge < -0.3 is 15.2 Å². The van der Waals surface area contributed by atoms with Crippen LogP contribution in [-0.2, 0) is 0 Å². The van der Waals surface area contributed by atoms with Crippen molar-refractivity contribution in [2.45, 2.75) is 0 Å². The average Bonchev–Trinajstić information content (AvgIpc) is 2.70. The summed E-state index contributed by atoms with van der Waals surface area (Å²) in [7, 11) is 0. The number of non-ortho nitro benzene ring substituents is 2. The molecule has 0 aromatic heterocycles. The number of amides is 1. The summed E-state index contributed by atoms with van der Waals surface area (Å²) in [5.41, 5.74) is -0.193. The van der Waals surface area contributed by atoms with E-state index < -0.39 is 15.8 Å². The van der Waals surface area contributed by atoms with E-state index in [1.165, 1.54) is 48.5 Å². The molecule has 3 aromatic carbocycles. The Morgan fingerprint density at radius 2 is 1.34 bits per heavy atom.